The second-order valence-corrected chi connectivity index (χ2v) is 6.11. The zero-order valence-electron chi connectivity index (χ0n) is 13.8. The van der Waals surface area contributed by atoms with Gasteiger partial charge in [0, 0.05) is 5.92 Å². The first kappa shape index (κ1) is 20.6. The van der Waals surface area contributed by atoms with Gasteiger partial charge in [0.2, 0.25) is 0 Å². The van der Waals surface area contributed by atoms with Crippen LogP contribution in [0.15, 0.2) is 12.7 Å². The molecule has 0 aliphatic heterocycles. The molecule has 0 fully saturated rings. The smallest absolute Gasteiger partial charge is 0.103 e. The normalized spacial score (nSPS) is 15.6. The second kappa shape index (κ2) is 14.6. The van der Waals surface area contributed by atoms with Gasteiger partial charge in [-0.1, -0.05) is 77.2 Å². The molecule has 3 unspecified atom stereocenters. The van der Waals surface area contributed by atoms with Crippen LogP contribution < -0.4 is 0 Å². The minimum absolute atomic E-state index is 0.124. The molecule has 0 saturated heterocycles. The Balaban J connectivity index is 3.49. The van der Waals surface area contributed by atoms with Crippen molar-refractivity contribution in [2.75, 3.05) is 6.61 Å². The van der Waals surface area contributed by atoms with E-state index in [-0.39, 0.29) is 5.92 Å². The summed E-state index contributed by atoms with van der Waals surface area (Å²) in [6, 6.07) is 0. The summed E-state index contributed by atoms with van der Waals surface area (Å²) in [6.07, 6.45) is 13.4. The summed E-state index contributed by atoms with van der Waals surface area (Å²) in [5.41, 5.74) is 0. The van der Waals surface area contributed by atoms with Crippen molar-refractivity contribution in [1.29, 1.82) is 0 Å². The molecule has 3 atom stereocenters. The van der Waals surface area contributed by atoms with Crippen molar-refractivity contribution in [3.05, 3.63) is 12.7 Å². The van der Waals surface area contributed by atoms with Crippen LogP contribution in [0.2, 0.25) is 0 Å². The van der Waals surface area contributed by atoms with Crippen LogP contribution in [0.1, 0.15) is 77.6 Å². The Kier molecular flexibility index (Phi) is 14.3. The first-order valence-electron chi connectivity index (χ1n) is 8.76. The first-order valence-corrected chi connectivity index (χ1v) is 8.76. The molecule has 0 rings (SSSR count). The number of hydrogen-bond donors (Lipinski definition) is 3. The van der Waals surface area contributed by atoms with Crippen LogP contribution in [0.25, 0.3) is 0 Å². The Labute approximate surface area is 131 Å². The highest BCUT2D eigenvalue weighted by atomic mass is 16.4. The maximum atomic E-state index is 9.84. The summed E-state index contributed by atoms with van der Waals surface area (Å²) in [5.74, 6) is -0.124. The predicted molar refractivity (Wildman–Crippen MR) is 89.2 cm³/mol. The van der Waals surface area contributed by atoms with Crippen molar-refractivity contribution in [3.8, 4) is 0 Å². The van der Waals surface area contributed by atoms with Gasteiger partial charge in [0.15, 0.2) is 0 Å². The zero-order chi connectivity index (χ0) is 15.9. The van der Waals surface area contributed by atoms with Crippen LogP contribution in [0.4, 0.5) is 0 Å². The lowest BCUT2D eigenvalue weighted by molar-refractivity contribution is -0.0352. The number of aliphatic hydroxyl groups excluding tert-OH is 3. The lowest BCUT2D eigenvalue weighted by Crippen LogP contribution is -2.35. The Hall–Kier alpha value is -0.380. The fourth-order valence-corrected chi connectivity index (χ4v) is 2.69. The van der Waals surface area contributed by atoms with E-state index >= 15 is 0 Å². The van der Waals surface area contributed by atoms with Crippen LogP contribution in [0.5, 0.6) is 0 Å². The molecule has 0 amide bonds. The van der Waals surface area contributed by atoms with Gasteiger partial charge >= 0.3 is 0 Å². The van der Waals surface area contributed by atoms with Gasteiger partial charge in [-0.05, 0) is 6.42 Å². The van der Waals surface area contributed by atoms with E-state index < -0.39 is 18.8 Å². The first-order chi connectivity index (χ1) is 10.2. The van der Waals surface area contributed by atoms with Crippen molar-refractivity contribution in [3.63, 3.8) is 0 Å². The molecule has 0 bridgehead atoms. The molecule has 3 heteroatoms. The monoisotopic (exact) mass is 300 g/mol. The third kappa shape index (κ3) is 10.9. The summed E-state index contributed by atoms with van der Waals surface area (Å²) in [7, 11) is 0. The molecule has 0 aromatic heterocycles. The fraction of sp³-hybridized carbons (Fsp3) is 0.889. The highest BCUT2D eigenvalue weighted by Gasteiger charge is 2.22. The van der Waals surface area contributed by atoms with E-state index in [4.69, 9.17) is 5.11 Å². The Morgan fingerprint density at radius 3 is 1.76 bits per heavy atom. The average molecular weight is 300 g/mol. The van der Waals surface area contributed by atoms with Crippen molar-refractivity contribution >= 4 is 0 Å². The zero-order valence-corrected chi connectivity index (χ0v) is 13.8. The Morgan fingerprint density at radius 2 is 1.33 bits per heavy atom. The van der Waals surface area contributed by atoms with E-state index in [0.29, 0.717) is 0 Å². The largest absolute Gasteiger partial charge is 0.394 e. The van der Waals surface area contributed by atoms with Crippen LogP contribution in [-0.2, 0) is 0 Å². The topological polar surface area (TPSA) is 60.7 Å². The van der Waals surface area contributed by atoms with Crippen LogP contribution in [-0.4, -0.2) is 34.1 Å². The van der Waals surface area contributed by atoms with E-state index in [0.717, 1.165) is 12.8 Å². The van der Waals surface area contributed by atoms with E-state index in [2.05, 4.69) is 13.5 Å². The van der Waals surface area contributed by atoms with Crippen molar-refractivity contribution in [2.45, 2.75) is 89.8 Å². The summed E-state index contributed by atoms with van der Waals surface area (Å²) in [6.45, 7) is 5.55. The van der Waals surface area contributed by atoms with E-state index in [1.807, 2.05) is 0 Å². The maximum absolute atomic E-state index is 9.84. The maximum Gasteiger partial charge on any atom is 0.103 e. The number of unbranched alkanes of at least 4 members (excludes halogenated alkanes) is 9. The molecule has 3 nitrogen and oxygen atoms in total. The number of hydrogen-bond acceptors (Lipinski definition) is 3. The fourth-order valence-electron chi connectivity index (χ4n) is 2.69. The molecule has 0 aromatic carbocycles. The quantitative estimate of drug-likeness (QED) is 0.318. The van der Waals surface area contributed by atoms with Crippen LogP contribution in [0, 0.1) is 5.92 Å². The van der Waals surface area contributed by atoms with Gasteiger partial charge in [0.1, 0.15) is 6.10 Å². The van der Waals surface area contributed by atoms with Gasteiger partial charge in [0.25, 0.3) is 0 Å². The molecular formula is C18H36O3. The predicted octanol–water partition coefficient (Wildman–Crippen LogP) is 3.81. The summed E-state index contributed by atoms with van der Waals surface area (Å²) >= 11 is 0. The van der Waals surface area contributed by atoms with Gasteiger partial charge in [-0.3, -0.25) is 0 Å². The van der Waals surface area contributed by atoms with Crippen LogP contribution in [0.3, 0.4) is 0 Å². The van der Waals surface area contributed by atoms with Gasteiger partial charge in [-0.25, -0.2) is 0 Å². The lowest BCUT2D eigenvalue weighted by Gasteiger charge is -2.23. The molecule has 3 N–H and O–H groups in total. The van der Waals surface area contributed by atoms with Gasteiger partial charge in [0.05, 0.1) is 12.7 Å². The number of rotatable bonds is 15. The van der Waals surface area contributed by atoms with Gasteiger partial charge < -0.3 is 15.3 Å². The molecule has 0 saturated carbocycles. The third-order valence-electron chi connectivity index (χ3n) is 4.21. The molecule has 0 aliphatic carbocycles. The number of aliphatic hydroxyl groups is 3. The molecule has 0 aliphatic rings. The molecule has 126 valence electrons. The SMILES string of the molecule is C=CC(CCCCCCCCCCCC)C(O)C(O)CO. The van der Waals surface area contributed by atoms with Gasteiger partial charge in [-0.2, -0.15) is 0 Å². The summed E-state index contributed by atoms with van der Waals surface area (Å²) in [5, 5.41) is 28.1. The van der Waals surface area contributed by atoms with Crippen molar-refractivity contribution < 1.29 is 15.3 Å². The van der Waals surface area contributed by atoms with Gasteiger partial charge in [-0.15, -0.1) is 6.58 Å². The minimum atomic E-state index is -1.06. The van der Waals surface area contributed by atoms with E-state index in [9.17, 15) is 10.2 Å². The second-order valence-electron chi connectivity index (χ2n) is 6.11. The third-order valence-corrected chi connectivity index (χ3v) is 4.21. The van der Waals surface area contributed by atoms with Crippen molar-refractivity contribution in [2.24, 2.45) is 5.92 Å². The Morgan fingerprint density at radius 1 is 0.857 bits per heavy atom. The minimum Gasteiger partial charge on any atom is -0.394 e. The van der Waals surface area contributed by atoms with Crippen LogP contribution >= 0.6 is 0 Å². The lowest BCUT2D eigenvalue weighted by atomic mass is 9.92. The molecule has 0 heterocycles. The Bertz CT molecular complexity index is 231. The molecule has 0 radical (unpaired) electrons. The summed E-state index contributed by atoms with van der Waals surface area (Å²) in [4.78, 5) is 0. The van der Waals surface area contributed by atoms with E-state index in [1.165, 1.54) is 57.8 Å². The van der Waals surface area contributed by atoms with E-state index in [1.54, 1.807) is 6.08 Å². The highest BCUT2D eigenvalue weighted by molar-refractivity contribution is 4.87. The summed E-state index contributed by atoms with van der Waals surface area (Å²) < 4.78 is 0. The molecule has 0 spiro atoms. The average Bonchev–Trinajstić information content (AvgIpc) is 2.51. The molecule has 21 heavy (non-hydrogen) atoms. The highest BCUT2D eigenvalue weighted by Crippen LogP contribution is 2.19. The molecule has 0 aromatic rings. The standard InChI is InChI=1S/C18H36O3/c1-3-5-6-7-8-9-10-11-12-13-14-16(4-2)18(21)17(20)15-19/h4,16-21H,2-3,5-15H2,1H3. The molecular weight excluding hydrogens is 264 g/mol. The van der Waals surface area contributed by atoms with Crippen molar-refractivity contribution in [1.82, 2.24) is 0 Å².